The molecule has 2 aromatic heterocycles. The highest BCUT2D eigenvalue weighted by molar-refractivity contribution is 6.05. The maximum Gasteiger partial charge on any atom is 0.238 e. The normalized spacial score (nSPS) is 11.1. The molecular weight excluding hydrogens is 359 g/mol. The second-order valence-electron chi connectivity index (χ2n) is 4.88. The average Bonchev–Trinajstić information content (AvgIpc) is 2.82. The first-order valence-corrected chi connectivity index (χ1v) is 6.70. The number of aromatic nitrogens is 2. The Kier molecular flexibility index (Phi) is 3.38. The molecule has 0 aliphatic rings. The number of benzene rings is 2. The number of aromatic amines is 1. The fourth-order valence-corrected chi connectivity index (χ4v) is 3.00. The van der Waals surface area contributed by atoms with Gasteiger partial charge in [-0.25, -0.2) is 0 Å². The van der Waals surface area contributed by atoms with Crippen molar-refractivity contribution in [3.05, 3.63) is 54.6 Å². The van der Waals surface area contributed by atoms with E-state index in [0.29, 0.717) is 0 Å². The summed E-state index contributed by atoms with van der Waals surface area (Å²) in [5, 5.41) is 2.58. The van der Waals surface area contributed by atoms with E-state index >= 15 is 0 Å². The predicted octanol–water partition coefficient (Wildman–Crippen LogP) is 0.786. The van der Waals surface area contributed by atoms with Gasteiger partial charge in [-0.2, -0.15) is 4.57 Å². The molecule has 0 aliphatic carbocycles. The number of H-pyrrole nitrogens is 1. The number of para-hydroxylation sites is 2. The topological polar surface area (TPSA) is 19.7 Å². The maximum atomic E-state index is 3.52. The Morgan fingerprint density at radius 2 is 1.70 bits per heavy atom. The van der Waals surface area contributed by atoms with Crippen LogP contribution in [0.2, 0.25) is 0 Å². The molecule has 1 N–H and O–H groups in total. The number of hydrogen-bond donors (Lipinski definition) is 1. The van der Waals surface area contributed by atoms with Crippen LogP contribution in [0.3, 0.4) is 0 Å². The molecule has 0 spiro atoms. The SMILES string of the molecule is CC[n+]1c2ccccc2cc2[nH]c3ccccc3c21.[I-]. The second kappa shape index (κ2) is 5.05. The standard InChI is InChI=1S/C17H14N2.HI/c1-2-19-16-10-6-3-7-12(16)11-15-17(19)13-8-4-5-9-14(13)18-15;/h3-11H,2H2,1H3;1H. The number of hydrogen-bond acceptors (Lipinski definition) is 0. The number of nitrogens with one attached hydrogen (secondary N) is 1. The van der Waals surface area contributed by atoms with Gasteiger partial charge in [-0.1, -0.05) is 24.3 Å². The van der Waals surface area contributed by atoms with Crippen LogP contribution < -0.4 is 28.5 Å². The molecule has 0 saturated heterocycles. The molecule has 2 heterocycles. The largest absolute Gasteiger partial charge is 1.00 e. The van der Waals surface area contributed by atoms with Gasteiger partial charge in [0.1, 0.15) is 12.1 Å². The van der Waals surface area contributed by atoms with Gasteiger partial charge in [0.25, 0.3) is 0 Å². The van der Waals surface area contributed by atoms with Crippen molar-refractivity contribution >= 4 is 32.8 Å². The van der Waals surface area contributed by atoms with Gasteiger partial charge in [-0.15, -0.1) is 0 Å². The molecule has 0 aliphatic heterocycles. The van der Waals surface area contributed by atoms with Crippen molar-refractivity contribution in [3.8, 4) is 0 Å². The van der Waals surface area contributed by atoms with Gasteiger partial charge in [0, 0.05) is 11.5 Å². The number of pyridine rings is 1. The minimum Gasteiger partial charge on any atom is -1.00 e. The summed E-state index contributed by atoms with van der Waals surface area (Å²) in [6.45, 7) is 3.17. The molecule has 0 fully saturated rings. The van der Waals surface area contributed by atoms with Crippen molar-refractivity contribution in [1.29, 1.82) is 0 Å². The lowest BCUT2D eigenvalue weighted by atomic mass is 10.1. The first-order chi connectivity index (χ1) is 9.38. The van der Waals surface area contributed by atoms with Crippen LogP contribution in [0.15, 0.2) is 54.6 Å². The molecule has 0 unspecified atom stereocenters. The molecule has 0 radical (unpaired) electrons. The van der Waals surface area contributed by atoms with Crippen LogP contribution >= 0.6 is 0 Å². The number of nitrogens with zero attached hydrogens (tertiary/aromatic N) is 1. The number of rotatable bonds is 1. The molecule has 0 saturated carbocycles. The van der Waals surface area contributed by atoms with E-state index in [4.69, 9.17) is 0 Å². The summed E-state index contributed by atoms with van der Waals surface area (Å²) in [7, 11) is 0. The zero-order valence-corrected chi connectivity index (χ0v) is 13.4. The molecule has 4 rings (SSSR count). The summed E-state index contributed by atoms with van der Waals surface area (Å²) >= 11 is 0. The van der Waals surface area contributed by atoms with Gasteiger partial charge in [-0.05, 0) is 31.2 Å². The van der Waals surface area contributed by atoms with Crippen molar-refractivity contribution in [1.82, 2.24) is 4.98 Å². The van der Waals surface area contributed by atoms with Gasteiger partial charge < -0.3 is 29.0 Å². The highest BCUT2D eigenvalue weighted by atomic mass is 127. The third kappa shape index (κ3) is 1.80. The lowest BCUT2D eigenvalue weighted by Gasteiger charge is -2.01. The maximum absolute atomic E-state index is 3.52. The zero-order valence-electron chi connectivity index (χ0n) is 11.2. The highest BCUT2D eigenvalue weighted by Crippen LogP contribution is 2.25. The predicted molar refractivity (Wildman–Crippen MR) is 79.2 cm³/mol. The number of fused-ring (bicyclic) bond motifs is 4. The first-order valence-electron chi connectivity index (χ1n) is 6.70. The smallest absolute Gasteiger partial charge is 0.238 e. The molecule has 2 aromatic carbocycles. The van der Waals surface area contributed by atoms with E-state index in [2.05, 4.69) is 71.1 Å². The van der Waals surface area contributed by atoms with Gasteiger partial charge in [0.2, 0.25) is 11.0 Å². The summed E-state index contributed by atoms with van der Waals surface area (Å²) in [5.41, 5.74) is 5.01. The van der Waals surface area contributed by atoms with E-state index in [-0.39, 0.29) is 24.0 Å². The third-order valence-electron chi connectivity index (χ3n) is 3.82. The van der Waals surface area contributed by atoms with E-state index in [1.54, 1.807) is 0 Å². The minimum absolute atomic E-state index is 0. The molecule has 0 atom stereocenters. The van der Waals surface area contributed by atoms with Crippen LogP contribution in [0.25, 0.3) is 32.8 Å². The van der Waals surface area contributed by atoms with Crippen LogP contribution in [0, 0.1) is 0 Å². The Balaban J connectivity index is 0.00000121. The van der Waals surface area contributed by atoms with Crippen molar-refractivity contribution in [2.24, 2.45) is 0 Å². The Hall–Kier alpha value is -1.62. The third-order valence-corrected chi connectivity index (χ3v) is 3.82. The van der Waals surface area contributed by atoms with E-state index in [0.717, 1.165) is 6.54 Å². The molecule has 0 bridgehead atoms. The van der Waals surface area contributed by atoms with E-state index in [9.17, 15) is 0 Å². The summed E-state index contributed by atoms with van der Waals surface area (Å²) in [4.78, 5) is 3.52. The fourth-order valence-electron chi connectivity index (χ4n) is 3.00. The van der Waals surface area contributed by atoms with Gasteiger partial charge in [-0.3, -0.25) is 0 Å². The van der Waals surface area contributed by atoms with E-state index in [1.165, 1.54) is 32.8 Å². The van der Waals surface area contributed by atoms with Crippen LogP contribution in [0.5, 0.6) is 0 Å². The van der Waals surface area contributed by atoms with Crippen LogP contribution in [0.1, 0.15) is 6.92 Å². The van der Waals surface area contributed by atoms with E-state index in [1.807, 2.05) is 0 Å². The molecular formula is C17H15IN2. The zero-order chi connectivity index (χ0) is 12.8. The van der Waals surface area contributed by atoms with Gasteiger partial charge >= 0.3 is 0 Å². The Morgan fingerprint density at radius 1 is 0.950 bits per heavy atom. The quantitative estimate of drug-likeness (QED) is 0.376. The van der Waals surface area contributed by atoms with Crippen molar-refractivity contribution < 1.29 is 28.5 Å². The van der Waals surface area contributed by atoms with Crippen LogP contribution in [-0.2, 0) is 6.54 Å². The Bertz CT molecular complexity index is 909. The van der Waals surface area contributed by atoms with Crippen molar-refractivity contribution in [3.63, 3.8) is 0 Å². The summed E-state index contributed by atoms with van der Waals surface area (Å²) in [5.74, 6) is 0. The summed E-state index contributed by atoms with van der Waals surface area (Å²) in [6.07, 6.45) is 0. The summed E-state index contributed by atoms with van der Waals surface area (Å²) in [6, 6.07) is 19.3. The van der Waals surface area contributed by atoms with E-state index < -0.39 is 0 Å². The van der Waals surface area contributed by atoms with Crippen LogP contribution in [0.4, 0.5) is 0 Å². The Labute approximate surface area is 134 Å². The van der Waals surface area contributed by atoms with Gasteiger partial charge in [0.05, 0.1) is 10.9 Å². The minimum atomic E-state index is 0. The van der Waals surface area contributed by atoms with Crippen LogP contribution in [-0.4, -0.2) is 4.98 Å². The molecule has 20 heavy (non-hydrogen) atoms. The molecule has 2 nitrogen and oxygen atoms in total. The molecule has 3 heteroatoms. The van der Waals surface area contributed by atoms with Gasteiger partial charge in [0.15, 0.2) is 0 Å². The first kappa shape index (κ1) is 13.4. The van der Waals surface area contributed by atoms with Crippen molar-refractivity contribution in [2.75, 3.05) is 0 Å². The molecule has 100 valence electrons. The van der Waals surface area contributed by atoms with Crippen molar-refractivity contribution in [2.45, 2.75) is 13.5 Å². The lowest BCUT2D eigenvalue weighted by Crippen LogP contribution is -3.00. The average molecular weight is 374 g/mol. The fraction of sp³-hybridized carbons (Fsp3) is 0.118. The number of aryl methyl sites for hydroxylation is 1. The Morgan fingerprint density at radius 3 is 2.55 bits per heavy atom. The highest BCUT2D eigenvalue weighted by Gasteiger charge is 2.17. The summed E-state index contributed by atoms with van der Waals surface area (Å²) < 4.78 is 2.39. The lowest BCUT2D eigenvalue weighted by molar-refractivity contribution is -0.640. The molecule has 0 amide bonds. The monoisotopic (exact) mass is 374 g/mol. The number of halogens is 1. The second-order valence-corrected chi connectivity index (χ2v) is 4.88. The molecule has 4 aromatic rings.